The van der Waals surface area contributed by atoms with Gasteiger partial charge in [-0.25, -0.2) is 0 Å². The van der Waals surface area contributed by atoms with Gasteiger partial charge in [0.15, 0.2) is 0 Å². The number of carboxylic acids is 2. The number of carbonyl (C=O) groups excluding carboxylic acids is 2. The Morgan fingerprint density at radius 3 is 1.96 bits per heavy atom. The lowest BCUT2D eigenvalue weighted by atomic mass is 10.2. The Morgan fingerprint density at radius 1 is 0.957 bits per heavy atom. The molecular weight excluding hydrogens is 314 g/mol. The van der Waals surface area contributed by atoms with Crippen molar-refractivity contribution in [3.8, 4) is 0 Å². The van der Waals surface area contributed by atoms with Crippen LogP contribution in [0.15, 0.2) is 0 Å². The zero-order valence-electron chi connectivity index (χ0n) is 12.8. The van der Waals surface area contributed by atoms with E-state index in [4.69, 9.17) is 15.9 Å². The van der Waals surface area contributed by atoms with Crippen molar-refractivity contribution in [3.05, 3.63) is 0 Å². The number of ether oxygens (including phenoxy) is 2. The van der Waals surface area contributed by atoms with Gasteiger partial charge in [0.25, 0.3) is 0 Å². The lowest BCUT2D eigenvalue weighted by Gasteiger charge is -2.20. The highest BCUT2D eigenvalue weighted by molar-refractivity contribution is 5.82. The summed E-state index contributed by atoms with van der Waals surface area (Å²) in [7, 11) is 2.26. The number of carbonyl (C=O) groups is 4. The molecular formula is C12H21N3O8. The van der Waals surface area contributed by atoms with Gasteiger partial charge in [-0.3, -0.25) is 19.2 Å². The second-order valence-corrected chi connectivity index (χ2v) is 4.51. The molecule has 0 rings (SSSR count). The van der Waals surface area contributed by atoms with Gasteiger partial charge in [-0.2, -0.15) is 0 Å². The number of methoxy groups -OCH3 is 2. The average molecular weight is 335 g/mol. The molecule has 0 aromatic heterocycles. The quantitative estimate of drug-likeness (QED) is 0.245. The summed E-state index contributed by atoms with van der Waals surface area (Å²) < 4.78 is 8.94. The van der Waals surface area contributed by atoms with Crippen LogP contribution < -0.4 is 16.4 Å². The van der Waals surface area contributed by atoms with Crippen LogP contribution in [-0.2, 0) is 28.7 Å². The normalized spacial score (nSPS) is 14.4. The van der Waals surface area contributed by atoms with Gasteiger partial charge in [-0.1, -0.05) is 0 Å². The first-order valence-electron chi connectivity index (χ1n) is 6.55. The summed E-state index contributed by atoms with van der Waals surface area (Å²) in [5.41, 5.74) is 5.26. The maximum absolute atomic E-state index is 11.5. The second kappa shape index (κ2) is 10.5. The van der Waals surface area contributed by atoms with Crippen LogP contribution in [0.4, 0.5) is 0 Å². The van der Waals surface area contributed by atoms with E-state index in [-0.39, 0.29) is 19.5 Å². The predicted molar refractivity (Wildman–Crippen MR) is 75.5 cm³/mol. The van der Waals surface area contributed by atoms with E-state index in [1.807, 2.05) is 0 Å². The molecule has 23 heavy (non-hydrogen) atoms. The summed E-state index contributed by atoms with van der Waals surface area (Å²) in [4.78, 5) is 44.5. The molecule has 3 atom stereocenters. The number of nitrogens with two attached hydrogens (primary N) is 1. The Hall–Kier alpha value is -2.24. The molecule has 0 saturated heterocycles. The van der Waals surface area contributed by atoms with Crippen molar-refractivity contribution in [2.24, 2.45) is 5.73 Å². The smallest absolute Gasteiger partial charge is 0.323 e. The van der Waals surface area contributed by atoms with E-state index < -0.39 is 42.0 Å². The molecule has 0 aliphatic rings. The highest BCUT2D eigenvalue weighted by atomic mass is 16.5. The standard InChI is InChI=1S/C12H21N3O8/c1-22-9(16)3-7(12(21)23-2)15-5-8(11(19)20)14-4-6(13)10(17)18/h6-8,14-15H,3-5,13H2,1-2H3,(H,17,18)(H,19,20)/t6-,7-,8-/m0/s1. The van der Waals surface area contributed by atoms with E-state index in [1.165, 1.54) is 0 Å². The number of rotatable bonds is 11. The van der Waals surface area contributed by atoms with Crippen LogP contribution in [0.2, 0.25) is 0 Å². The number of hydrogen-bond acceptors (Lipinski definition) is 9. The molecule has 0 spiro atoms. The summed E-state index contributed by atoms with van der Waals surface area (Å²) in [6.07, 6.45) is -0.343. The van der Waals surface area contributed by atoms with Crippen molar-refractivity contribution >= 4 is 23.9 Å². The molecule has 0 unspecified atom stereocenters. The molecule has 0 aromatic carbocycles. The first kappa shape index (κ1) is 20.8. The van der Waals surface area contributed by atoms with E-state index in [2.05, 4.69) is 20.1 Å². The molecule has 0 radical (unpaired) electrons. The molecule has 0 aliphatic heterocycles. The Kier molecular flexibility index (Phi) is 9.46. The lowest BCUT2D eigenvalue weighted by Crippen LogP contribution is -2.53. The molecule has 0 aromatic rings. The number of carboxylic acid groups (broad SMARTS) is 2. The first-order chi connectivity index (χ1) is 10.7. The molecule has 6 N–H and O–H groups in total. The van der Waals surface area contributed by atoms with Gasteiger partial charge in [0.1, 0.15) is 18.1 Å². The first-order valence-corrected chi connectivity index (χ1v) is 6.55. The Labute approximate surface area is 132 Å². The molecule has 0 fully saturated rings. The van der Waals surface area contributed by atoms with Gasteiger partial charge in [0.2, 0.25) is 0 Å². The van der Waals surface area contributed by atoms with Gasteiger partial charge in [-0.05, 0) is 0 Å². The number of aliphatic carboxylic acids is 2. The monoisotopic (exact) mass is 335 g/mol. The molecule has 0 aliphatic carbocycles. The lowest BCUT2D eigenvalue weighted by molar-refractivity contribution is -0.149. The minimum absolute atomic E-state index is 0.265. The second-order valence-electron chi connectivity index (χ2n) is 4.51. The highest BCUT2D eigenvalue weighted by Gasteiger charge is 2.26. The SMILES string of the molecule is COC(=O)C[C@H](NC[C@H](NC[C@H](N)C(=O)O)C(=O)O)C(=O)OC. The predicted octanol–water partition coefficient (Wildman–Crippen LogP) is -2.86. The third kappa shape index (κ3) is 8.09. The summed E-state index contributed by atoms with van der Waals surface area (Å²) >= 11 is 0. The maximum Gasteiger partial charge on any atom is 0.323 e. The van der Waals surface area contributed by atoms with E-state index in [9.17, 15) is 19.2 Å². The van der Waals surface area contributed by atoms with Crippen molar-refractivity contribution in [3.63, 3.8) is 0 Å². The third-order valence-electron chi connectivity index (χ3n) is 2.85. The summed E-state index contributed by atoms with van der Waals surface area (Å²) in [5, 5.41) is 22.7. The fourth-order valence-electron chi connectivity index (χ4n) is 1.49. The van der Waals surface area contributed by atoms with Crippen LogP contribution in [-0.4, -0.2) is 79.5 Å². The van der Waals surface area contributed by atoms with E-state index in [0.29, 0.717) is 0 Å². The van der Waals surface area contributed by atoms with Crippen molar-refractivity contribution < 1.29 is 38.9 Å². The zero-order valence-corrected chi connectivity index (χ0v) is 12.8. The van der Waals surface area contributed by atoms with Crippen molar-refractivity contribution in [1.29, 1.82) is 0 Å². The summed E-state index contributed by atoms with van der Waals surface area (Å²) in [6, 6.07) is -3.59. The van der Waals surface area contributed by atoms with E-state index in [0.717, 1.165) is 14.2 Å². The van der Waals surface area contributed by atoms with Crippen LogP contribution in [0.25, 0.3) is 0 Å². The van der Waals surface area contributed by atoms with Gasteiger partial charge in [-0.15, -0.1) is 0 Å². The van der Waals surface area contributed by atoms with Crippen LogP contribution in [0, 0.1) is 0 Å². The molecule has 11 nitrogen and oxygen atoms in total. The summed E-state index contributed by atoms with van der Waals surface area (Å²) in [5.74, 6) is -4.01. The number of hydrogen-bond donors (Lipinski definition) is 5. The fourth-order valence-corrected chi connectivity index (χ4v) is 1.49. The maximum atomic E-state index is 11.5. The van der Waals surface area contributed by atoms with Crippen molar-refractivity contribution in [1.82, 2.24) is 10.6 Å². The van der Waals surface area contributed by atoms with Gasteiger partial charge < -0.3 is 36.1 Å². The Bertz CT molecular complexity index is 442. The molecule has 0 amide bonds. The number of nitrogens with one attached hydrogen (secondary N) is 2. The number of esters is 2. The molecule has 0 bridgehead atoms. The molecule has 0 saturated carbocycles. The third-order valence-corrected chi connectivity index (χ3v) is 2.85. The molecule has 11 heteroatoms. The highest BCUT2D eigenvalue weighted by Crippen LogP contribution is 1.98. The average Bonchev–Trinajstić information content (AvgIpc) is 2.51. The van der Waals surface area contributed by atoms with Crippen LogP contribution in [0.3, 0.4) is 0 Å². The van der Waals surface area contributed by atoms with Gasteiger partial charge >= 0.3 is 23.9 Å². The van der Waals surface area contributed by atoms with Crippen LogP contribution in [0.1, 0.15) is 6.42 Å². The van der Waals surface area contributed by atoms with Crippen molar-refractivity contribution in [2.45, 2.75) is 24.5 Å². The van der Waals surface area contributed by atoms with Gasteiger partial charge in [0, 0.05) is 13.1 Å². The largest absolute Gasteiger partial charge is 0.480 e. The van der Waals surface area contributed by atoms with E-state index in [1.54, 1.807) is 0 Å². The fraction of sp³-hybridized carbons (Fsp3) is 0.667. The van der Waals surface area contributed by atoms with Crippen LogP contribution >= 0.6 is 0 Å². The van der Waals surface area contributed by atoms with E-state index >= 15 is 0 Å². The molecule has 0 heterocycles. The Morgan fingerprint density at radius 2 is 1.52 bits per heavy atom. The van der Waals surface area contributed by atoms with Crippen molar-refractivity contribution in [2.75, 3.05) is 27.3 Å². The topological polar surface area (TPSA) is 177 Å². The summed E-state index contributed by atoms with van der Waals surface area (Å²) in [6.45, 7) is -0.549. The Balaban J connectivity index is 4.65. The molecule has 132 valence electrons. The minimum atomic E-state index is -1.28. The zero-order chi connectivity index (χ0) is 18.0. The van der Waals surface area contributed by atoms with Gasteiger partial charge in [0.05, 0.1) is 20.6 Å². The minimum Gasteiger partial charge on any atom is -0.480 e. The van der Waals surface area contributed by atoms with Crippen LogP contribution in [0.5, 0.6) is 0 Å².